The van der Waals surface area contributed by atoms with Gasteiger partial charge in [0.2, 0.25) is 24.3 Å². The molecule has 0 aliphatic carbocycles. The number of aromatic hydroxyl groups is 2. The van der Waals surface area contributed by atoms with Crippen LogP contribution in [0.3, 0.4) is 0 Å². The van der Waals surface area contributed by atoms with Crippen LogP contribution in [0.2, 0.25) is 0 Å². The molecule has 0 atom stereocenters. The fourth-order valence-corrected chi connectivity index (χ4v) is 2.04. The lowest BCUT2D eigenvalue weighted by atomic mass is 10.3. The second-order valence-corrected chi connectivity index (χ2v) is 4.18. The SMILES string of the molecule is CCOc1ccc(-n2c(NC=O)c(O)c(O)c2NC=O)cc1. The first-order chi connectivity index (χ1) is 10.6. The maximum atomic E-state index is 10.7. The van der Waals surface area contributed by atoms with E-state index < -0.39 is 11.5 Å². The van der Waals surface area contributed by atoms with E-state index in [0.717, 1.165) is 0 Å². The van der Waals surface area contributed by atoms with Crippen molar-refractivity contribution in [2.75, 3.05) is 17.2 Å². The molecule has 2 aromatic rings. The molecule has 0 aliphatic rings. The Bertz CT molecular complexity index is 645. The molecule has 8 heteroatoms. The number of hydrogen-bond donors (Lipinski definition) is 4. The molecule has 4 N–H and O–H groups in total. The topological polar surface area (TPSA) is 113 Å². The van der Waals surface area contributed by atoms with Gasteiger partial charge in [-0.2, -0.15) is 0 Å². The van der Waals surface area contributed by atoms with Crippen LogP contribution in [0.25, 0.3) is 5.69 Å². The summed E-state index contributed by atoms with van der Waals surface area (Å²) >= 11 is 0. The van der Waals surface area contributed by atoms with E-state index in [1.54, 1.807) is 24.3 Å². The molecule has 2 rings (SSSR count). The van der Waals surface area contributed by atoms with Crippen LogP contribution in [-0.4, -0.2) is 34.2 Å². The molecule has 0 radical (unpaired) electrons. The van der Waals surface area contributed by atoms with Crippen molar-refractivity contribution in [3.8, 4) is 22.9 Å². The molecule has 22 heavy (non-hydrogen) atoms. The number of carbonyl (C=O) groups excluding carboxylic acids is 2. The third kappa shape index (κ3) is 2.66. The number of hydrogen-bond acceptors (Lipinski definition) is 5. The highest BCUT2D eigenvalue weighted by molar-refractivity contribution is 5.86. The molecule has 0 unspecified atom stereocenters. The van der Waals surface area contributed by atoms with Crippen LogP contribution < -0.4 is 15.4 Å². The van der Waals surface area contributed by atoms with Gasteiger partial charge in [-0.05, 0) is 31.2 Å². The number of nitrogens with one attached hydrogen (secondary N) is 2. The molecule has 1 heterocycles. The number of carbonyl (C=O) groups is 2. The molecule has 8 nitrogen and oxygen atoms in total. The van der Waals surface area contributed by atoms with Crippen LogP contribution in [0.1, 0.15) is 6.92 Å². The van der Waals surface area contributed by atoms with Crippen LogP contribution in [0, 0.1) is 0 Å². The quantitative estimate of drug-likeness (QED) is 0.578. The van der Waals surface area contributed by atoms with E-state index in [2.05, 4.69) is 10.6 Å². The summed E-state index contributed by atoms with van der Waals surface area (Å²) in [6, 6.07) is 6.66. The summed E-state index contributed by atoms with van der Waals surface area (Å²) in [6.07, 6.45) is 0.703. The van der Waals surface area contributed by atoms with Gasteiger partial charge >= 0.3 is 0 Å². The summed E-state index contributed by atoms with van der Waals surface area (Å²) in [5.74, 6) is -0.598. The normalized spacial score (nSPS) is 10.0. The van der Waals surface area contributed by atoms with Gasteiger partial charge in [0.05, 0.1) is 6.61 Å². The van der Waals surface area contributed by atoms with Crippen LogP contribution in [0.15, 0.2) is 24.3 Å². The molecule has 116 valence electrons. The fraction of sp³-hybridized carbons (Fsp3) is 0.143. The van der Waals surface area contributed by atoms with Gasteiger partial charge in [-0.25, -0.2) is 0 Å². The molecule has 1 aromatic heterocycles. The van der Waals surface area contributed by atoms with Gasteiger partial charge < -0.3 is 25.6 Å². The van der Waals surface area contributed by atoms with Crippen molar-refractivity contribution in [3.05, 3.63) is 24.3 Å². The zero-order chi connectivity index (χ0) is 16.1. The minimum Gasteiger partial charge on any atom is -0.502 e. The number of nitrogens with zero attached hydrogens (tertiary/aromatic N) is 1. The molecule has 1 aromatic carbocycles. The minimum atomic E-state index is -0.551. The zero-order valence-corrected chi connectivity index (χ0v) is 11.7. The Morgan fingerprint density at radius 3 is 1.95 bits per heavy atom. The van der Waals surface area contributed by atoms with Gasteiger partial charge in [-0.3, -0.25) is 14.2 Å². The van der Waals surface area contributed by atoms with E-state index in [1.165, 1.54) is 4.57 Å². The lowest BCUT2D eigenvalue weighted by Crippen LogP contribution is -2.07. The predicted octanol–water partition coefficient (Wildman–Crippen LogP) is 1.42. The first kappa shape index (κ1) is 15.2. The Balaban J connectivity index is 2.57. The van der Waals surface area contributed by atoms with Gasteiger partial charge in [-0.1, -0.05) is 0 Å². The van der Waals surface area contributed by atoms with E-state index in [1.807, 2.05) is 6.92 Å². The third-order valence-corrected chi connectivity index (χ3v) is 2.92. The number of aromatic nitrogens is 1. The first-order valence-electron chi connectivity index (χ1n) is 6.44. The Kier molecular flexibility index (Phi) is 4.52. The van der Waals surface area contributed by atoms with Crippen LogP contribution in [0.5, 0.6) is 17.2 Å². The molecule has 0 saturated carbocycles. The standard InChI is InChI=1S/C14H15N3O5/c1-2-22-10-5-3-9(4-6-10)17-13(15-7-18)11(20)12(21)14(17)16-8-19/h3-8,20-21H,2H2,1H3,(H,15,18)(H,16,19). The monoisotopic (exact) mass is 305 g/mol. The molecular weight excluding hydrogens is 290 g/mol. The summed E-state index contributed by atoms with van der Waals surface area (Å²) in [5.41, 5.74) is 0.493. The lowest BCUT2D eigenvalue weighted by molar-refractivity contribution is -0.106. The maximum Gasteiger partial charge on any atom is 0.212 e. The summed E-state index contributed by atoms with van der Waals surface area (Å²) < 4.78 is 6.62. The summed E-state index contributed by atoms with van der Waals surface area (Å²) in [6.45, 7) is 2.37. The highest BCUT2D eigenvalue weighted by atomic mass is 16.5. The van der Waals surface area contributed by atoms with Crippen molar-refractivity contribution >= 4 is 24.5 Å². The number of anilines is 2. The summed E-state index contributed by atoms with van der Waals surface area (Å²) in [4.78, 5) is 21.4. The van der Waals surface area contributed by atoms with E-state index in [0.29, 0.717) is 30.9 Å². The molecule has 2 amide bonds. The zero-order valence-electron chi connectivity index (χ0n) is 11.7. The van der Waals surface area contributed by atoms with E-state index in [4.69, 9.17) is 4.74 Å². The minimum absolute atomic E-state index is 0.0685. The molecule has 0 bridgehead atoms. The summed E-state index contributed by atoms with van der Waals surface area (Å²) in [7, 11) is 0. The molecule has 0 aliphatic heterocycles. The van der Waals surface area contributed by atoms with Gasteiger partial charge in [0.1, 0.15) is 5.75 Å². The number of rotatable bonds is 7. The Morgan fingerprint density at radius 2 is 1.55 bits per heavy atom. The van der Waals surface area contributed by atoms with E-state index in [-0.39, 0.29) is 11.6 Å². The van der Waals surface area contributed by atoms with Crippen molar-refractivity contribution in [2.45, 2.75) is 6.92 Å². The van der Waals surface area contributed by atoms with Gasteiger partial charge in [0.25, 0.3) is 0 Å². The van der Waals surface area contributed by atoms with Gasteiger partial charge in [-0.15, -0.1) is 0 Å². The number of ether oxygens (including phenoxy) is 1. The van der Waals surface area contributed by atoms with Gasteiger partial charge in [0, 0.05) is 5.69 Å². The first-order valence-corrected chi connectivity index (χ1v) is 6.44. The van der Waals surface area contributed by atoms with Crippen molar-refractivity contribution < 1.29 is 24.5 Å². The van der Waals surface area contributed by atoms with Crippen LogP contribution in [0.4, 0.5) is 11.6 Å². The number of amides is 2. The third-order valence-electron chi connectivity index (χ3n) is 2.92. The summed E-state index contributed by atoms with van der Waals surface area (Å²) in [5, 5.41) is 24.3. The molecule has 0 fully saturated rings. The second kappa shape index (κ2) is 6.53. The largest absolute Gasteiger partial charge is 0.502 e. The molecular formula is C14H15N3O5. The Morgan fingerprint density at radius 1 is 1.05 bits per heavy atom. The van der Waals surface area contributed by atoms with Gasteiger partial charge in [0.15, 0.2) is 11.6 Å². The van der Waals surface area contributed by atoms with Crippen molar-refractivity contribution in [2.24, 2.45) is 0 Å². The molecule has 0 saturated heterocycles. The second-order valence-electron chi connectivity index (χ2n) is 4.18. The van der Waals surface area contributed by atoms with E-state index >= 15 is 0 Å². The predicted molar refractivity (Wildman–Crippen MR) is 79.6 cm³/mol. The lowest BCUT2D eigenvalue weighted by Gasteiger charge is -2.12. The number of benzene rings is 1. The average molecular weight is 305 g/mol. The Hall–Kier alpha value is -3.16. The highest BCUT2D eigenvalue weighted by Gasteiger charge is 2.23. The van der Waals surface area contributed by atoms with Crippen molar-refractivity contribution in [1.29, 1.82) is 0 Å². The van der Waals surface area contributed by atoms with Crippen molar-refractivity contribution in [1.82, 2.24) is 4.57 Å². The van der Waals surface area contributed by atoms with E-state index in [9.17, 15) is 19.8 Å². The Labute approximate surface area is 125 Å². The smallest absolute Gasteiger partial charge is 0.212 e. The fourth-order valence-electron chi connectivity index (χ4n) is 2.04. The van der Waals surface area contributed by atoms with Crippen LogP contribution >= 0.6 is 0 Å². The molecule has 0 spiro atoms. The van der Waals surface area contributed by atoms with Crippen molar-refractivity contribution in [3.63, 3.8) is 0 Å². The van der Waals surface area contributed by atoms with Crippen LogP contribution in [-0.2, 0) is 9.59 Å². The maximum absolute atomic E-state index is 10.7. The highest BCUT2D eigenvalue weighted by Crippen LogP contribution is 2.45. The average Bonchev–Trinajstić information content (AvgIpc) is 2.75.